The van der Waals surface area contributed by atoms with Gasteiger partial charge in [-0.15, -0.1) is 6.58 Å². The first-order valence-electron chi connectivity index (χ1n) is 14.5. The third-order valence-corrected chi connectivity index (χ3v) is 6.82. The first kappa shape index (κ1) is 31.6. The number of esters is 1. The number of nitrogens with zero attached hydrogens (tertiary/aromatic N) is 1. The minimum Gasteiger partial charge on any atom is -0.494 e. The Bertz CT molecular complexity index is 1520. The highest BCUT2D eigenvalue weighted by Crippen LogP contribution is 2.26. The van der Waals surface area contributed by atoms with Crippen LogP contribution in [0.2, 0.25) is 0 Å². The number of para-hydroxylation sites is 3. The van der Waals surface area contributed by atoms with Gasteiger partial charge in [0.25, 0.3) is 0 Å². The van der Waals surface area contributed by atoms with E-state index in [4.69, 9.17) is 9.47 Å². The Hall–Kier alpha value is -5.37. The van der Waals surface area contributed by atoms with Gasteiger partial charge >= 0.3 is 11.9 Å². The molecule has 0 aliphatic carbocycles. The Kier molecular flexibility index (Phi) is 11.7. The van der Waals surface area contributed by atoms with Crippen molar-refractivity contribution in [3.05, 3.63) is 133 Å². The van der Waals surface area contributed by atoms with E-state index in [0.29, 0.717) is 49.4 Å². The number of allylic oxidation sites excluding steroid dienone is 1. The number of amides is 1. The second kappa shape index (κ2) is 16.3. The van der Waals surface area contributed by atoms with Crippen LogP contribution < -0.4 is 19.7 Å². The van der Waals surface area contributed by atoms with E-state index in [1.165, 1.54) is 0 Å². The van der Waals surface area contributed by atoms with E-state index in [9.17, 15) is 19.5 Å². The highest BCUT2D eigenvalue weighted by molar-refractivity contribution is 5.93. The van der Waals surface area contributed by atoms with E-state index in [1.54, 1.807) is 77.7 Å². The fraction of sp³-hybridized carbons (Fsp3) is 0.194. The molecule has 4 aromatic rings. The second-order valence-corrected chi connectivity index (χ2v) is 10.0. The van der Waals surface area contributed by atoms with Crippen molar-refractivity contribution in [3.8, 4) is 11.5 Å². The molecule has 0 spiro atoms. The maximum absolute atomic E-state index is 12.7. The van der Waals surface area contributed by atoms with Gasteiger partial charge in [-0.25, -0.2) is 9.59 Å². The van der Waals surface area contributed by atoms with Crippen molar-refractivity contribution in [1.29, 1.82) is 0 Å². The zero-order chi connectivity index (χ0) is 31.1. The highest BCUT2D eigenvalue weighted by atomic mass is 16.5. The summed E-state index contributed by atoms with van der Waals surface area (Å²) in [6.45, 7) is 4.64. The molecule has 1 atom stereocenters. The van der Waals surface area contributed by atoms with Crippen molar-refractivity contribution >= 4 is 29.2 Å². The normalized spacial score (nSPS) is 11.2. The summed E-state index contributed by atoms with van der Waals surface area (Å²) in [5.74, 6) is -0.644. The molecule has 0 fully saturated rings. The van der Waals surface area contributed by atoms with E-state index in [2.05, 4.69) is 11.9 Å². The summed E-state index contributed by atoms with van der Waals surface area (Å²) < 4.78 is 11.5. The van der Waals surface area contributed by atoms with E-state index in [1.807, 2.05) is 42.5 Å². The molecule has 1 amide bonds. The van der Waals surface area contributed by atoms with E-state index in [-0.39, 0.29) is 18.1 Å². The van der Waals surface area contributed by atoms with E-state index in [0.717, 1.165) is 11.3 Å². The van der Waals surface area contributed by atoms with Gasteiger partial charge in [0.15, 0.2) is 5.75 Å². The smallest absolute Gasteiger partial charge is 0.343 e. The highest BCUT2D eigenvalue weighted by Gasteiger charge is 2.21. The van der Waals surface area contributed by atoms with Crippen LogP contribution >= 0.6 is 0 Å². The van der Waals surface area contributed by atoms with Crippen LogP contribution in [-0.2, 0) is 16.0 Å². The summed E-state index contributed by atoms with van der Waals surface area (Å²) in [5, 5.41) is 12.9. The van der Waals surface area contributed by atoms with Crippen molar-refractivity contribution in [1.82, 2.24) is 0 Å². The third-order valence-electron chi connectivity index (χ3n) is 6.82. The standard InChI is InChI=1S/C36H36N2O6/c1-2-3-19-34(39)38(29-15-8-5-9-16-29)24-12-25-43-30-22-20-27(21-23-30)26-32(35(40)41)37-31-17-10-11-18-33(31)44-36(42)28-13-6-4-7-14-28/h2,4-11,13-18,20-23,32,37H,1,3,12,19,24-26H2,(H,40,41). The van der Waals surface area contributed by atoms with Gasteiger partial charge in [0.1, 0.15) is 11.8 Å². The number of nitrogens with one attached hydrogen (secondary N) is 1. The zero-order valence-electron chi connectivity index (χ0n) is 24.4. The van der Waals surface area contributed by atoms with Crippen LogP contribution in [0.4, 0.5) is 11.4 Å². The molecule has 8 heteroatoms. The molecule has 0 radical (unpaired) electrons. The van der Waals surface area contributed by atoms with Crippen molar-refractivity contribution < 1.29 is 29.0 Å². The number of carbonyl (C=O) groups is 3. The molecule has 0 aromatic heterocycles. The maximum atomic E-state index is 12.7. The number of hydrogen-bond donors (Lipinski definition) is 2. The molecule has 1 unspecified atom stereocenters. The molecule has 0 bridgehead atoms. The predicted molar refractivity (Wildman–Crippen MR) is 171 cm³/mol. The van der Waals surface area contributed by atoms with E-state index < -0.39 is 18.0 Å². The van der Waals surface area contributed by atoms with Crippen LogP contribution in [-0.4, -0.2) is 42.1 Å². The fourth-order valence-electron chi connectivity index (χ4n) is 4.53. The molecule has 4 aromatic carbocycles. The third kappa shape index (κ3) is 9.32. The number of carboxylic acids is 1. The minimum absolute atomic E-state index is 0.0408. The lowest BCUT2D eigenvalue weighted by atomic mass is 10.1. The molecule has 44 heavy (non-hydrogen) atoms. The van der Waals surface area contributed by atoms with E-state index >= 15 is 0 Å². The summed E-state index contributed by atoms with van der Waals surface area (Å²) >= 11 is 0. The number of rotatable bonds is 16. The molecular weight excluding hydrogens is 556 g/mol. The monoisotopic (exact) mass is 592 g/mol. The molecule has 0 aliphatic rings. The number of hydrogen-bond acceptors (Lipinski definition) is 6. The molecule has 0 aliphatic heterocycles. The Balaban J connectivity index is 1.31. The van der Waals surface area contributed by atoms with Crippen LogP contribution in [0.3, 0.4) is 0 Å². The summed E-state index contributed by atoms with van der Waals surface area (Å²) in [5.41, 5.74) is 2.44. The Morgan fingerprint density at radius 1 is 0.864 bits per heavy atom. The summed E-state index contributed by atoms with van der Waals surface area (Å²) in [7, 11) is 0. The second-order valence-electron chi connectivity index (χ2n) is 10.0. The number of aliphatic carboxylic acids is 1. The van der Waals surface area contributed by atoms with Crippen LogP contribution in [0.5, 0.6) is 11.5 Å². The van der Waals surface area contributed by atoms with Crippen LogP contribution in [0, 0.1) is 0 Å². The fourth-order valence-corrected chi connectivity index (χ4v) is 4.53. The Morgan fingerprint density at radius 2 is 1.52 bits per heavy atom. The largest absolute Gasteiger partial charge is 0.494 e. The summed E-state index contributed by atoms with van der Waals surface area (Å²) in [6, 6.07) is 31.2. The first-order valence-corrected chi connectivity index (χ1v) is 14.5. The predicted octanol–water partition coefficient (Wildman–Crippen LogP) is 6.78. The first-order chi connectivity index (χ1) is 21.4. The summed E-state index contributed by atoms with van der Waals surface area (Å²) in [6.07, 6.45) is 3.59. The van der Waals surface area contributed by atoms with Crippen LogP contribution in [0.15, 0.2) is 122 Å². The molecule has 2 N–H and O–H groups in total. The lowest BCUT2D eigenvalue weighted by Crippen LogP contribution is -2.32. The van der Waals surface area contributed by atoms with Crippen molar-refractivity contribution in [2.75, 3.05) is 23.4 Å². The topological polar surface area (TPSA) is 105 Å². The molecule has 8 nitrogen and oxygen atoms in total. The molecular formula is C36H36N2O6. The number of ether oxygens (including phenoxy) is 2. The van der Waals surface area contributed by atoms with Crippen LogP contribution in [0.1, 0.15) is 35.2 Å². The zero-order valence-corrected chi connectivity index (χ0v) is 24.4. The number of carbonyl (C=O) groups excluding carboxylic acids is 2. The number of anilines is 2. The number of carboxylic acid groups (broad SMARTS) is 1. The average molecular weight is 593 g/mol. The summed E-state index contributed by atoms with van der Waals surface area (Å²) in [4.78, 5) is 39.2. The van der Waals surface area contributed by atoms with Gasteiger partial charge in [-0.05, 0) is 66.9 Å². The van der Waals surface area contributed by atoms with Gasteiger partial charge in [-0.3, -0.25) is 4.79 Å². The van der Waals surface area contributed by atoms with Crippen LogP contribution in [0.25, 0.3) is 0 Å². The average Bonchev–Trinajstić information content (AvgIpc) is 3.05. The lowest BCUT2D eigenvalue weighted by Gasteiger charge is -2.23. The van der Waals surface area contributed by atoms with Crippen molar-refractivity contribution in [3.63, 3.8) is 0 Å². The number of benzene rings is 4. The molecule has 0 saturated carbocycles. The van der Waals surface area contributed by atoms with Gasteiger partial charge in [0.2, 0.25) is 5.91 Å². The molecule has 0 saturated heterocycles. The Morgan fingerprint density at radius 3 is 2.20 bits per heavy atom. The molecule has 226 valence electrons. The SMILES string of the molecule is C=CCCC(=O)N(CCCOc1ccc(CC(Nc2ccccc2OC(=O)c2ccccc2)C(=O)O)cc1)c1ccccc1. The minimum atomic E-state index is -1.04. The maximum Gasteiger partial charge on any atom is 0.343 e. The van der Waals surface area contributed by atoms with Gasteiger partial charge in [0, 0.05) is 25.1 Å². The van der Waals surface area contributed by atoms with Crippen molar-refractivity contribution in [2.24, 2.45) is 0 Å². The quantitative estimate of drug-likeness (QED) is 0.0639. The Labute approximate surface area is 257 Å². The molecule has 0 heterocycles. The lowest BCUT2D eigenvalue weighted by molar-refractivity contribution is -0.137. The molecule has 4 rings (SSSR count). The van der Waals surface area contributed by atoms with Gasteiger partial charge in [0.05, 0.1) is 17.9 Å². The van der Waals surface area contributed by atoms with Crippen molar-refractivity contribution in [2.45, 2.75) is 31.7 Å². The van der Waals surface area contributed by atoms with Gasteiger partial charge in [-0.1, -0.05) is 66.7 Å². The van der Waals surface area contributed by atoms with Gasteiger partial charge in [-0.2, -0.15) is 0 Å². The van der Waals surface area contributed by atoms with Gasteiger partial charge < -0.3 is 24.8 Å².